The molecule has 2 rings (SSSR count). The molecule has 2 nitrogen and oxygen atoms in total. The molecule has 0 aliphatic heterocycles. The minimum absolute atomic E-state index is 0.226. The van der Waals surface area contributed by atoms with Gasteiger partial charge in [0.2, 0.25) is 5.91 Å². The number of benzene rings is 1. The highest BCUT2D eigenvalue weighted by Gasteiger charge is 2.21. The number of amides is 1. The Morgan fingerprint density at radius 2 is 1.76 bits per heavy atom. The van der Waals surface area contributed by atoms with Crippen LogP contribution in [0.3, 0.4) is 0 Å². The van der Waals surface area contributed by atoms with E-state index in [1.807, 2.05) is 0 Å². The molecule has 0 bridgehead atoms. The quantitative estimate of drug-likeness (QED) is 0.844. The van der Waals surface area contributed by atoms with Crippen molar-refractivity contribution in [1.82, 2.24) is 5.32 Å². The fraction of sp³-hybridized carbons (Fsp3) is 0.632. The Kier molecular flexibility index (Phi) is 5.44. The molecule has 1 aliphatic rings. The van der Waals surface area contributed by atoms with Crippen molar-refractivity contribution in [3.05, 3.63) is 35.4 Å². The van der Waals surface area contributed by atoms with Crippen molar-refractivity contribution in [1.29, 1.82) is 0 Å². The van der Waals surface area contributed by atoms with Crippen LogP contribution in [-0.2, 0) is 16.8 Å². The highest BCUT2D eigenvalue weighted by molar-refractivity contribution is 5.78. The molecule has 0 saturated heterocycles. The molecule has 1 aliphatic carbocycles. The summed E-state index contributed by atoms with van der Waals surface area (Å²) in [6, 6.07) is 8.69. The molecule has 0 spiro atoms. The highest BCUT2D eigenvalue weighted by Crippen LogP contribution is 2.27. The van der Waals surface area contributed by atoms with Crippen molar-refractivity contribution in [3.8, 4) is 0 Å². The summed E-state index contributed by atoms with van der Waals surface area (Å²) in [6.07, 6.45) is 6.96. The molecule has 0 heterocycles. The lowest BCUT2D eigenvalue weighted by Gasteiger charge is -2.23. The summed E-state index contributed by atoms with van der Waals surface area (Å²) in [7, 11) is 0. The fourth-order valence-corrected chi connectivity index (χ4v) is 2.98. The first-order valence-corrected chi connectivity index (χ1v) is 8.40. The van der Waals surface area contributed by atoms with Crippen molar-refractivity contribution in [2.75, 3.05) is 0 Å². The minimum Gasteiger partial charge on any atom is -0.352 e. The van der Waals surface area contributed by atoms with E-state index >= 15 is 0 Å². The normalized spacial score (nSPS) is 16.7. The maximum atomic E-state index is 12.1. The first-order chi connectivity index (χ1) is 10.0. The van der Waals surface area contributed by atoms with Gasteiger partial charge in [0.25, 0.3) is 0 Å². The van der Waals surface area contributed by atoms with E-state index < -0.39 is 0 Å². The van der Waals surface area contributed by atoms with Crippen LogP contribution in [0.4, 0.5) is 0 Å². The third-order valence-electron chi connectivity index (χ3n) is 5.06. The monoisotopic (exact) mass is 287 g/mol. The molecule has 1 aromatic carbocycles. The van der Waals surface area contributed by atoms with E-state index in [2.05, 4.69) is 50.4 Å². The van der Waals surface area contributed by atoms with Crippen molar-refractivity contribution in [2.24, 2.45) is 5.92 Å². The lowest BCUT2D eigenvalue weighted by atomic mass is 9.82. The van der Waals surface area contributed by atoms with E-state index in [9.17, 15) is 4.79 Å². The van der Waals surface area contributed by atoms with Crippen LogP contribution in [0, 0.1) is 5.92 Å². The Morgan fingerprint density at radius 3 is 2.33 bits per heavy atom. The van der Waals surface area contributed by atoms with Gasteiger partial charge >= 0.3 is 0 Å². The second-order valence-corrected chi connectivity index (χ2v) is 6.99. The molecule has 1 saturated carbocycles. The maximum absolute atomic E-state index is 12.1. The van der Waals surface area contributed by atoms with Crippen LogP contribution in [0.1, 0.15) is 70.4 Å². The molecular weight excluding hydrogens is 258 g/mol. The zero-order valence-corrected chi connectivity index (χ0v) is 13.7. The van der Waals surface area contributed by atoms with E-state index in [1.165, 1.54) is 30.4 Å². The number of carbonyl (C=O) groups excluding carboxylic acids is 1. The van der Waals surface area contributed by atoms with Gasteiger partial charge in [-0.2, -0.15) is 0 Å². The van der Waals surface area contributed by atoms with Crippen LogP contribution < -0.4 is 5.32 Å². The maximum Gasteiger partial charge on any atom is 0.223 e. The second-order valence-electron chi connectivity index (χ2n) is 6.99. The van der Waals surface area contributed by atoms with Gasteiger partial charge in [-0.25, -0.2) is 0 Å². The Bertz CT molecular complexity index is 455. The molecule has 1 fully saturated rings. The van der Waals surface area contributed by atoms with Crippen molar-refractivity contribution >= 4 is 5.91 Å². The summed E-state index contributed by atoms with van der Waals surface area (Å²) in [5.41, 5.74) is 2.78. The van der Waals surface area contributed by atoms with Crippen molar-refractivity contribution in [3.63, 3.8) is 0 Å². The van der Waals surface area contributed by atoms with Gasteiger partial charge in [-0.15, -0.1) is 0 Å². The van der Waals surface area contributed by atoms with Gasteiger partial charge in [0.1, 0.15) is 0 Å². The molecule has 0 unspecified atom stereocenters. The van der Waals surface area contributed by atoms with E-state index in [4.69, 9.17) is 0 Å². The number of carbonyl (C=O) groups is 1. The Labute approximate surface area is 129 Å². The summed E-state index contributed by atoms with van der Waals surface area (Å²) in [5.74, 6) is 0.490. The average Bonchev–Trinajstić information content (AvgIpc) is 2.54. The molecule has 0 radical (unpaired) electrons. The summed E-state index contributed by atoms with van der Waals surface area (Å²) in [6.45, 7) is 7.42. The Morgan fingerprint density at radius 1 is 1.14 bits per heavy atom. The topological polar surface area (TPSA) is 29.1 Å². The van der Waals surface area contributed by atoms with Crippen LogP contribution in [0.2, 0.25) is 0 Å². The van der Waals surface area contributed by atoms with Gasteiger partial charge in [0, 0.05) is 12.5 Å². The molecule has 1 N–H and O–H groups in total. The number of nitrogens with one attached hydrogen (secondary N) is 1. The molecule has 0 atom stereocenters. The standard InChI is InChI=1S/C19H29NO/c1-4-19(2,3)17-12-10-15(11-13-17)14-20-18(21)16-8-6-5-7-9-16/h10-13,16H,4-9,14H2,1-3H3,(H,20,21). The highest BCUT2D eigenvalue weighted by atomic mass is 16.1. The molecule has 21 heavy (non-hydrogen) atoms. The van der Waals surface area contributed by atoms with Gasteiger partial charge in [-0.05, 0) is 35.8 Å². The van der Waals surface area contributed by atoms with E-state index in [-0.39, 0.29) is 17.2 Å². The summed E-state index contributed by atoms with van der Waals surface area (Å²) >= 11 is 0. The molecular formula is C19H29NO. The first-order valence-electron chi connectivity index (χ1n) is 8.40. The van der Waals surface area contributed by atoms with Gasteiger partial charge in [0.05, 0.1) is 0 Å². The average molecular weight is 287 g/mol. The van der Waals surface area contributed by atoms with E-state index in [0.29, 0.717) is 6.54 Å². The second kappa shape index (κ2) is 7.11. The van der Waals surface area contributed by atoms with E-state index in [1.54, 1.807) is 0 Å². The third kappa shape index (κ3) is 4.33. The fourth-order valence-electron chi connectivity index (χ4n) is 2.98. The number of hydrogen-bond donors (Lipinski definition) is 1. The molecule has 116 valence electrons. The third-order valence-corrected chi connectivity index (χ3v) is 5.06. The lowest BCUT2D eigenvalue weighted by Crippen LogP contribution is -2.31. The van der Waals surface area contributed by atoms with Crippen molar-refractivity contribution in [2.45, 2.75) is 71.3 Å². The van der Waals surface area contributed by atoms with Gasteiger partial charge < -0.3 is 5.32 Å². The summed E-state index contributed by atoms with van der Waals surface area (Å²) < 4.78 is 0. The summed E-state index contributed by atoms with van der Waals surface area (Å²) in [4.78, 5) is 12.1. The summed E-state index contributed by atoms with van der Waals surface area (Å²) in [5, 5.41) is 3.10. The predicted octanol–water partition coefficient (Wildman–Crippen LogP) is 4.57. The first kappa shape index (κ1) is 16.1. The minimum atomic E-state index is 0.226. The Hall–Kier alpha value is -1.31. The smallest absolute Gasteiger partial charge is 0.223 e. The van der Waals surface area contributed by atoms with Crippen LogP contribution >= 0.6 is 0 Å². The number of hydrogen-bond acceptors (Lipinski definition) is 1. The SMILES string of the molecule is CCC(C)(C)c1ccc(CNC(=O)C2CCCCC2)cc1. The molecule has 0 aromatic heterocycles. The predicted molar refractivity (Wildman–Crippen MR) is 88.2 cm³/mol. The van der Waals surface area contributed by atoms with Crippen LogP contribution in [0.25, 0.3) is 0 Å². The van der Waals surface area contributed by atoms with Crippen molar-refractivity contribution < 1.29 is 4.79 Å². The zero-order chi connectivity index (χ0) is 15.3. The van der Waals surface area contributed by atoms with Gasteiger partial charge in [-0.1, -0.05) is 64.3 Å². The lowest BCUT2D eigenvalue weighted by molar-refractivity contribution is -0.126. The molecule has 1 amide bonds. The van der Waals surface area contributed by atoms with Gasteiger partial charge in [0.15, 0.2) is 0 Å². The van der Waals surface area contributed by atoms with Crippen LogP contribution in [-0.4, -0.2) is 5.91 Å². The van der Waals surface area contributed by atoms with E-state index in [0.717, 1.165) is 19.3 Å². The van der Waals surface area contributed by atoms with Crippen LogP contribution in [0.15, 0.2) is 24.3 Å². The molecule has 2 heteroatoms. The van der Waals surface area contributed by atoms with Crippen LogP contribution in [0.5, 0.6) is 0 Å². The largest absolute Gasteiger partial charge is 0.352 e. The Balaban J connectivity index is 1.87. The van der Waals surface area contributed by atoms with Gasteiger partial charge in [-0.3, -0.25) is 4.79 Å². The molecule has 1 aromatic rings. The number of rotatable bonds is 5. The zero-order valence-electron chi connectivity index (χ0n) is 13.7.